The standard InChI is InChI=1S/C23H26ClFN2O4S/c24-21-14-20(9-10-22(21)25)32(29,30)26-27-12-11-16(15-27)2-1-13-31-19-7-5-18(6-8-19)23(28)17-3-4-17/h5-10,14,16-17,26H,1-4,11-13,15H2/t16-/m1/s1. The van der Waals surface area contributed by atoms with Crippen LogP contribution < -0.4 is 9.57 Å². The molecule has 2 aromatic rings. The third-order valence-electron chi connectivity index (χ3n) is 5.85. The van der Waals surface area contributed by atoms with Crippen LogP contribution in [0.5, 0.6) is 5.75 Å². The molecule has 1 heterocycles. The Balaban J connectivity index is 1.18. The van der Waals surface area contributed by atoms with Crippen molar-refractivity contribution in [3.63, 3.8) is 0 Å². The Labute approximate surface area is 192 Å². The van der Waals surface area contributed by atoms with E-state index in [2.05, 4.69) is 4.83 Å². The summed E-state index contributed by atoms with van der Waals surface area (Å²) in [6.07, 6.45) is 4.64. The summed E-state index contributed by atoms with van der Waals surface area (Å²) in [5, 5.41) is 1.45. The second kappa shape index (κ2) is 9.87. The van der Waals surface area contributed by atoms with Gasteiger partial charge in [0.1, 0.15) is 11.6 Å². The van der Waals surface area contributed by atoms with Crippen molar-refractivity contribution in [2.45, 2.75) is 37.0 Å². The summed E-state index contributed by atoms with van der Waals surface area (Å²) >= 11 is 5.70. The van der Waals surface area contributed by atoms with E-state index < -0.39 is 15.8 Å². The highest BCUT2D eigenvalue weighted by Gasteiger charge is 2.30. The predicted octanol–water partition coefficient (Wildman–Crippen LogP) is 4.45. The molecule has 0 amide bonds. The third kappa shape index (κ3) is 5.86. The zero-order chi connectivity index (χ0) is 22.7. The smallest absolute Gasteiger partial charge is 0.253 e. The maximum absolute atomic E-state index is 13.3. The molecule has 1 saturated carbocycles. The van der Waals surface area contributed by atoms with E-state index in [0.717, 1.165) is 55.5 Å². The molecule has 1 aliphatic heterocycles. The van der Waals surface area contributed by atoms with Gasteiger partial charge in [-0.15, -0.1) is 4.83 Å². The van der Waals surface area contributed by atoms with Gasteiger partial charge in [-0.1, -0.05) is 11.6 Å². The molecule has 4 rings (SSSR count). The molecule has 9 heteroatoms. The van der Waals surface area contributed by atoms with Crippen molar-refractivity contribution in [3.8, 4) is 5.75 Å². The van der Waals surface area contributed by atoms with E-state index >= 15 is 0 Å². The van der Waals surface area contributed by atoms with Crippen molar-refractivity contribution in [1.29, 1.82) is 0 Å². The third-order valence-corrected chi connectivity index (χ3v) is 7.51. The molecule has 0 unspecified atom stereocenters. The van der Waals surface area contributed by atoms with Gasteiger partial charge in [-0.3, -0.25) is 4.79 Å². The molecule has 0 radical (unpaired) electrons. The number of Topliss-reactive ketones (excluding diaryl/α,β-unsaturated/α-hetero) is 1. The first kappa shape index (κ1) is 23.2. The maximum Gasteiger partial charge on any atom is 0.253 e. The SMILES string of the molecule is O=C(c1ccc(OCCC[C@@H]2CCN(NS(=O)(=O)c3ccc(F)c(Cl)c3)C2)cc1)C1CC1. The van der Waals surface area contributed by atoms with Crippen LogP contribution in [-0.2, 0) is 10.0 Å². The van der Waals surface area contributed by atoms with Crippen molar-refractivity contribution >= 4 is 27.4 Å². The lowest BCUT2D eigenvalue weighted by molar-refractivity contribution is 0.0967. The molecule has 6 nitrogen and oxygen atoms in total. The van der Waals surface area contributed by atoms with Gasteiger partial charge in [-0.25, -0.2) is 17.8 Å². The number of nitrogens with zero attached hydrogens (tertiary/aromatic N) is 1. The molecule has 1 aliphatic carbocycles. The molecular formula is C23H26ClFN2O4S. The van der Waals surface area contributed by atoms with E-state index in [9.17, 15) is 17.6 Å². The number of carbonyl (C=O) groups excluding carboxylic acids is 1. The molecule has 1 atom stereocenters. The van der Waals surface area contributed by atoms with Gasteiger partial charge in [0.05, 0.1) is 16.5 Å². The van der Waals surface area contributed by atoms with Crippen LogP contribution in [0.3, 0.4) is 0 Å². The fourth-order valence-corrected chi connectivity index (χ4v) is 5.25. The van der Waals surface area contributed by atoms with Crippen LogP contribution in [0.2, 0.25) is 5.02 Å². The minimum absolute atomic E-state index is 0.0643. The second-order valence-corrected chi connectivity index (χ2v) is 10.5. The van der Waals surface area contributed by atoms with E-state index in [1.165, 1.54) is 6.07 Å². The Morgan fingerprint density at radius 3 is 2.59 bits per heavy atom. The van der Waals surface area contributed by atoms with Crippen molar-refractivity contribution in [1.82, 2.24) is 9.84 Å². The van der Waals surface area contributed by atoms with E-state index in [-0.39, 0.29) is 21.6 Å². The van der Waals surface area contributed by atoms with Gasteiger partial charge in [0.15, 0.2) is 5.78 Å². The Kier molecular flexibility index (Phi) is 7.14. The number of hydrogen-bond acceptors (Lipinski definition) is 5. The molecule has 1 saturated heterocycles. The van der Waals surface area contributed by atoms with Crippen LogP contribution in [0.4, 0.5) is 4.39 Å². The lowest BCUT2D eigenvalue weighted by atomic mass is 10.0. The summed E-state index contributed by atoms with van der Waals surface area (Å²) in [5.74, 6) is 0.885. The average Bonchev–Trinajstić information content (AvgIpc) is 3.53. The molecular weight excluding hydrogens is 455 g/mol. The first-order chi connectivity index (χ1) is 15.3. The number of sulfonamides is 1. The zero-order valence-electron chi connectivity index (χ0n) is 17.6. The van der Waals surface area contributed by atoms with Crippen LogP contribution in [0.25, 0.3) is 0 Å². The Bertz CT molecular complexity index is 1070. The molecule has 1 N–H and O–H groups in total. The number of benzene rings is 2. The van der Waals surface area contributed by atoms with Crippen LogP contribution in [0.1, 0.15) is 42.5 Å². The monoisotopic (exact) mass is 480 g/mol. The highest BCUT2D eigenvalue weighted by molar-refractivity contribution is 7.89. The maximum atomic E-state index is 13.3. The molecule has 0 aromatic heterocycles. The molecule has 0 bridgehead atoms. The van der Waals surface area contributed by atoms with Crippen molar-refractivity contribution in [3.05, 3.63) is 58.9 Å². The number of carbonyl (C=O) groups is 1. The van der Waals surface area contributed by atoms with Gasteiger partial charge in [-0.2, -0.15) is 0 Å². The van der Waals surface area contributed by atoms with Gasteiger partial charge >= 0.3 is 0 Å². The molecule has 32 heavy (non-hydrogen) atoms. The first-order valence-electron chi connectivity index (χ1n) is 10.8. The Morgan fingerprint density at radius 2 is 1.91 bits per heavy atom. The summed E-state index contributed by atoms with van der Waals surface area (Å²) in [7, 11) is -3.80. The van der Waals surface area contributed by atoms with Crippen molar-refractivity contribution in [2.24, 2.45) is 11.8 Å². The van der Waals surface area contributed by atoms with Crippen LogP contribution >= 0.6 is 11.6 Å². The molecule has 0 spiro atoms. The minimum atomic E-state index is -3.80. The van der Waals surface area contributed by atoms with Crippen LogP contribution in [0, 0.1) is 17.7 Å². The summed E-state index contributed by atoms with van der Waals surface area (Å²) in [4.78, 5) is 14.5. The van der Waals surface area contributed by atoms with Crippen molar-refractivity contribution < 1.29 is 22.3 Å². The van der Waals surface area contributed by atoms with E-state index in [1.54, 1.807) is 5.01 Å². The fraction of sp³-hybridized carbons (Fsp3) is 0.435. The second-order valence-electron chi connectivity index (χ2n) is 8.42. The summed E-state index contributed by atoms with van der Waals surface area (Å²) in [5.41, 5.74) is 0.747. The Morgan fingerprint density at radius 1 is 1.16 bits per heavy atom. The number of hydrogen-bond donors (Lipinski definition) is 1. The zero-order valence-corrected chi connectivity index (χ0v) is 19.2. The van der Waals surface area contributed by atoms with Crippen LogP contribution in [-0.4, -0.2) is 38.9 Å². The van der Waals surface area contributed by atoms with E-state index in [1.807, 2.05) is 24.3 Å². The van der Waals surface area contributed by atoms with E-state index in [4.69, 9.17) is 16.3 Å². The number of ketones is 1. The largest absolute Gasteiger partial charge is 0.494 e. The number of nitrogens with one attached hydrogen (secondary N) is 1. The van der Waals surface area contributed by atoms with Gasteiger partial charge in [-0.05, 0) is 80.5 Å². The Hall–Kier alpha value is -2.00. The molecule has 2 aliphatic rings. The van der Waals surface area contributed by atoms with Crippen molar-refractivity contribution in [2.75, 3.05) is 19.7 Å². The van der Waals surface area contributed by atoms with E-state index in [0.29, 0.717) is 25.6 Å². The number of rotatable bonds is 10. The number of halogens is 2. The highest BCUT2D eigenvalue weighted by Crippen LogP contribution is 2.33. The molecule has 2 fully saturated rings. The quantitative estimate of drug-likeness (QED) is 0.401. The number of hydrazine groups is 1. The average molecular weight is 481 g/mol. The fourth-order valence-electron chi connectivity index (χ4n) is 3.88. The summed E-state index contributed by atoms with van der Waals surface area (Å²) in [6.45, 7) is 1.77. The topological polar surface area (TPSA) is 75.7 Å². The summed E-state index contributed by atoms with van der Waals surface area (Å²) < 4.78 is 44.1. The predicted molar refractivity (Wildman–Crippen MR) is 120 cm³/mol. The molecule has 2 aromatic carbocycles. The van der Waals surface area contributed by atoms with Gasteiger partial charge < -0.3 is 4.74 Å². The van der Waals surface area contributed by atoms with Gasteiger partial charge in [0.25, 0.3) is 10.0 Å². The lowest BCUT2D eigenvalue weighted by Gasteiger charge is -2.18. The lowest BCUT2D eigenvalue weighted by Crippen LogP contribution is -2.40. The summed E-state index contributed by atoms with van der Waals surface area (Å²) in [6, 6.07) is 10.7. The first-order valence-corrected chi connectivity index (χ1v) is 12.7. The van der Waals surface area contributed by atoms with Gasteiger partial charge in [0.2, 0.25) is 0 Å². The minimum Gasteiger partial charge on any atom is -0.494 e. The van der Waals surface area contributed by atoms with Gasteiger partial charge in [0, 0.05) is 24.6 Å². The highest BCUT2D eigenvalue weighted by atomic mass is 35.5. The normalized spacial score (nSPS) is 19.2. The van der Waals surface area contributed by atoms with Crippen LogP contribution in [0.15, 0.2) is 47.4 Å². The number of ether oxygens (including phenoxy) is 1. The molecule has 172 valence electrons.